The smallest absolute Gasteiger partial charge is 0.135 e. The van der Waals surface area contributed by atoms with Crippen molar-refractivity contribution in [3.63, 3.8) is 0 Å². The van der Waals surface area contributed by atoms with Crippen molar-refractivity contribution in [1.82, 2.24) is 0 Å². The van der Waals surface area contributed by atoms with Crippen LogP contribution in [0.3, 0.4) is 0 Å². The number of aryl methyl sites for hydroxylation is 1. The molecule has 1 unspecified atom stereocenters. The van der Waals surface area contributed by atoms with Gasteiger partial charge >= 0.3 is 0 Å². The number of rotatable bonds is 2. The Bertz CT molecular complexity index is 1140. The molecule has 1 atom stereocenters. The monoisotopic (exact) mass is 350 g/mol. The van der Waals surface area contributed by atoms with Crippen molar-refractivity contribution in [2.24, 2.45) is 0 Å². The maximum atomic E-state index is 6.22. The molecule has 0 amide bonds. The summed E-state index contributed by atoms with van der Waals surface area (Å²) in [4.78, 5) is 0. The first kappa shape index (κ1) is 16.1. The first-order valence-corrected chi connectivity index (χ1v) is 9.59. The first-order valence-electron chi connectivity index (χ1n) is 9.59. The second-order valence-corrected chi connectivity index (χ2v) is 7.57. The molecule has 27 heavy (non-hydrogen) atoms. The number of allylic oxidation sites excluding steroid dienone is 1. The third kappa shape index (κ3) is 2.80. The van der Waals surface area contributed by atoms with E-state index in [1.54, 1.807) is 0 Å². The van der Waals surface area contributed by atoms with Crippen LogP contribution in [0.15, 0.2) is 77.2 Å². The highest BCUT2D eigenvalue weighted by atomic mass is 16.3. The van der Waals surface area contributed by atoms with Crippen LogP contribution in [0.1, 0.15) is 36.1 Å². The number of hydrogen-bond donors (Lipinski definition) is 0. The minimum Gasteiger partial charge on any atom is -0.460 e. The third-order valence-corrected chi connectivity index (χ3v) is 5.58. The molecular weight excluding hydrogens is 328 g/mol. The Hall–Kier alpha value is -3.06. The Balaban J connectivity index is 1.52. The van der Waals surface area contributed by atoms with Gasteiger partial charge in [0.1, 0.15) is 11.3 Å². The molecule has 0 saturated heterocycles. The van der Waals surface area contributed by atoms with Crippen molar-refractivity contribution in [2.45, 2.75) is 26.2 Å². The van der Waals surface area contributed by atoms with Crippen LogP contribution >= 0.6 is 0 Å². The van der Waals surface area contributed by atoms with E-state index >= 15 is 0 Å². The Kier molecular flexibility index (Phi) is 3.75. The number of benzene rings is 3. The molecule has 0 spiro atoms. The van der Waals surface area contributed by atoms with Gasteiger partial charge in [-0.05, 0) is 47.7 Å². The maximum absolute atomic E-state index is 6.22. The maximum Gasteiger partial charge on any atom is 0.135 e. The molecule has 132 valence electrons. The molecule has 0 aliphatic heterocycles. The lowest BCUT2D eigenvalue weighted by Gasteiger charge is -2.10. The van der Waals surface area contributed by atoms with Crippen molar-refractivity contribution in [1.29, 1.82) is 0 Å². The van der Waals surface area contributed by atoms with Gasteiger partial charge in [0, 0.05) is 16.9 Å². The van der Waals surface area contributed by atoms with Crippen molar-refractivity contribution >= 4 is 17.0 Å². The fourth-order valence-corrected chi connectivity index (χ4v) is 3.95. The van der Waals surface area contributed by atoms with Gasteiger partial charge in [0.25, 0.3) is 0 Å². The molecule has 1 aromatic heterocycles. The number of fused-ring (bicyclic) bond motifs is 3. The standard InChI is InChI=1S/C26H22O/c1-17-6-8-19(9-7-17)20-10-12-21(13-11-20)22-14-15-23-24-5-3-4-18(2)26(24)27-25(23)16-22/h3,5-16,18H,4H2,1-2H3. The second kappa shape index (κ2) is 6.28. The average molecular weight is 350 g/mol. The largest absolute Gasteiger partial charge is 0.460 e. The second-order valence-electron chi connectivity index (χ2n) is 7.57. The minimum absolute atomic E-state index is 0.453. The highest BCUT2D eigenvalue weighted by molar-refractivity contribution is 5.92. The van der Waals surface area contributed by atoms with Gasteiger partial charge in [0.05, 0.1) is 0 Å². The molecule has 0 bridgehead atoms. The molecule has 0 fully saturated rings. The summed E-state index contributed by atoms with van der Waals surface area (Å²) in [6, 6.07) is 24.0. The lowest BCUT2D eigenvalue weighted by atomic mass is 9.93. The van der Waals surface area contributed by atoms with Gasteiger partial charge in [-0.25, -0.2) is 0 Å². The van der Waals surface area contributed by atoms with Gasteiger partial charge in [-0.3, -0.25) is 0 Å². The summed E-state index contributed by atoms with van der Waals surface area (Å²) in [7, 11) is 0. The quantitative estimate of drug-likeness (QED) is 0.363. The van der Waals surface area contributed by atoms with Crippen molar-refractivity contribution in [3.05, 3.63) is 89.7 Å². The Labute approximate surface area is 160 Å². The van der Waals surface area contributed by atoms with E-state index in [-0.39, 0.29) is 0 Å². The molecule has 1 aliphatic carbocycles. The van der Waals surface area contributed by atoms with E-state index in [4.69, 9.17) is 4.42 Å². The molecule has 1 heterocycles. The Morgan fingerprint density at radius 3 is 2.07 bits per heavy atom. The van der Waals surface area contributed by atoms with Gasteiger partial charge in [-0.2, -0.15) is 0 Å². The Morgan fingerprint density at radius 2 is 1.37 bits per heavy atom. The van der Waals surface area contributed by atoms with Crippen molar-refractivity contribution in [3.8, 4) is 22.3 Å². The molecule has 0 N–H and O–H groups in total. The molecule has 4 aromatic rings. The predicted molar refractivity (Wildman–Crippen MR) is 114 cm³/mol. The van der Waals surface area contributed by atoms with Gasteiger partial charge in [-0.1, -0.05) is 79.2 Å². The van der Waals surface area contributed by atoms with Gasteiger partial charge in [0.2, 0.25) is 0 Å². The number of hydrogen-bond acceptors (Lipinski definition) is 1. The van der Waals surface area contributed by atoms with Crippen molar-refractivity contribution in [2.75, 3.05) is 0 Å². The van der Waals surface area contributed by atoms with Crippen LogP contribution in [0.25, 0.3) is 39.3 Å². The zero-order valence-electron chi connectivity index (χ0n) is 15.7. The topological polar surface area (TPSA) is 13.1 Å². The molecule has 0 radical (unpaired) electrons. The predicted octanol–water partition coefficient (Wildman–Crippen LogP) is 7.60. The summed E-state index contributed by atoms with van der Waals surface area (Å²) in [6.07, 6.45) is 5.51. The molecule has 5 rings (SSSR count). The van der Waals surface area contributed by atoms with E-state index in [0.717, 1.165) is 17.8 Å². The zero-order valence-corrected chi connectivity index (χ0v) is 15.7. The first-order chi connectivity index (χ1) is 13.2. The van der Waals surface area contributed by atoms with E-state index in [9.17, 15) is 0 Å². The molecule has 1 heteroatoms. The summed E-state index contributed by atoms with van der Waals surface area (Å²) in [6.45, 7) is 4.35. The SMILES string of the molecule is Cc1ccc(-c2ccc(-c3ccc4c5c(oc4c3)C(C)CC=C5)cc2)cc1. The summed E-state index contributed by atoms with van der Waals surface area (Å²) >= 11 is 0. The third-order valence-electron chi connectivity index (χ3n) is 5.58. The van der Waals surface area contributed by atoms with E-state index in [1.165, 1.54) is 38.8 Å². The number of furan rings is 1. The van der Waals surface area contributed by atoms with Gasteiger partial charge < -0.3 is 4.42 Å². The highest BCUT2D eigenvalue weighted by Crippen LogP contribution is 2.38. The minimum atomic E-state index is 0.453. The van der Waals surface area contributed by atoms with E-state index in [2.05, 4.69) is 92.7 Å². The Morgan fingerprint density at radius 1 is 0.778 bits per heavy atom. The van der Waals surface area contributed by atoms with Crippen LogP contribution < -0.4 is 0 Å². The fraction of sp³-hybridized carbons (Fsp3) is 0.154. The van der Waals surface area contributed by atoms with E-state index in [0.29, 0.717) is 5.92 Å². The summed E-state index contributed by atoms with van der Waals surface area (Å²) in [5.74, 6) is 1.58. The average Bonchev–Trinajstić information content (AvgIpc) is 3.08. The van der Waals surface area contributed by atoms with Crippen LogP contribution in [0.5, 0.6) is 0 Å². The fourth-order valence-electron chi connectivity index (χ4n) is 3.95. The van der Waals surface area contributed by atoms with E-state index in [1.807, 2.05) is 0 Å². The van der Waals surface area contributed by atoms with Crippen LogP contribution in [0, 0.1) is 6.92 Å². The summed E-state index contributed by atoms with van der Waals surface area (Å²) < 4.78 is 6.22. The molecule has 1 nitrogen and oxygen atoms in total. The summed E-state index contributed by atoms with van der Waals surface area (Å²) in [5.41, 5.74) is 8.43. The molecular formula is C26H22O. The van der Waals surface area contributed by atoms with Crippen LogP contribution in [0.4, 0.5) is 0 Å². The lowest BCUT2D eigenvalue weighted by molar-refractivity contribution is 0.504. The summed E-state index contributed by atoms with van der Waals surface area (Å²) in [5, 5.41) is 1.22. The lowest BCUT2D eigenvalue weighted by Crippen LogP contribution is -1.95. The van der Waals surface area contributed by atoms with Crippen LogP contribution in [0.2, 0.25) is 0 Å². The van der Waals surface area contributed by atoms with Crippen LogP contribution in [-0.4, -0.2) is 0 Å². The van der Waals surface area contributed by atoms with E-state index < -0.39 is 0 Å². The van der Waals surface area contributed by atoms with Gasteiger partial charge in [0.15, 0.2) is 0 Å². The molecule has 3 aromatic carbocycles. The molecule has 0 saturated carbocycles. The van der Waals surface area contributed by atoms with Gasteiger partial charge in [-0.15, -0.1) is 0 Å². The highest BCUT2D eigenvalue weighted by Gasteiger charge is 2.20. The van der Waals surface area contributed by atoms with Crippen molar-refractivity contribution < 1.29 is 4.42 Å². The normalized spacial score (nSPS) is 15.9. The van der Waals surface area contributed by atoms with Crippen LogP contribution in [-0.2, 0) is 0 Å². The zero-order chi connectivity index (χ0) is 18.4. The molecule has 1 aliphatic rings.